The molecule has 0 fully saturated rings. The van der Waals surface area contributed by atoms with E-state index in [2.05, 4.69) is 36.8 Å². The molecule has 0 saturated heterocycles. The second-order valence-corrected chi connectivity index (χ2v) is 5.59. The Balaban J connectivity index is 2.38. The van der Waals surface area contributed by atoms with Crippen molar-refractivity contribution in [2.45, 2.75) is 6.10 Å². The van der Waals surface area contributed by atoms with E-state index in [1.807, 2.05) is 0 Å². The number of rotatable bonds is 3. The minimum atomic E-state index is -1.01. The van der Waals surface area contributed by atoms with Gasteiger partial charge in [-0.25, -0.2) is 4.39 Å². The standard InChI is InChI=1S/C13H10Br2FNO2/c1-19-11-3-2-7(4-10(11)16)13(18)12-9(15)5-8(14)6-17-12/h2-6,13,18H,1H3. The number of nitrogens with zero attached hydrogens (tertiary/aromatic N) is 1. The average molecular weight is 391 g/mol. The molecule has 0 aliphatic heterocycles. The van der Waals surface area contributed by atoms with Crippen molar-refractivity contribution in [3.63, 3.8) is 0 Å². The molecular weight excluding hydrogens is 381 g/mol. The third-order valence-electron chi connectivity index (χ3n) is 2.59. The molecule has 1 aromatic carbocycles. The van der Waals surface area contributed by atoms with E-state index in [1.165, 1.54) is 19.2 Å². The van der Waals surface area contributed by atoms with Gasteiger partial charge in [0.05, 0.1) is 12.8 Å². The Hall–Kier alpha value is -0.980. The van der Waals surface area contributed by atoms with E-state index in [0.717, 1.165) is 4.47 Å². The van der Waals surface area contributed by atoms with Crippen molar-refractivity contribution in [2.24, 2.45) is 0 Å². The van der Waals surface area contributed by atoms with Crippen molar-refractivity contribution in [1.29, 1.82) is 0 Å². The highest BCUT2D eigenvalue weighted by Gasteiger charge is 2.17. The Morgan fingerprint density at radius 2 is 2.05 bits per heavy atom. The zero-order valence-electron chi connectivity index (χ0n) is 9.90. The van der Waals surface area contributed by atoms with Crippen LogP contribution in [0, 0.1) is 5.82 Å². The molecule has 0 aliphatic carbocycles. The molecule has 1 N–H and O–H groups in total. The number of benzene rings is 1. The molecule has 6 heteroatoms. The van der Waals surface area contributed by atoms with Gasteiger partial charge in [-0.3, -0.25) is 4.98 Å². The Bertz CT molecular complexity index is 607. The molecule has 3 nitrogen and oxygen atoms in total. The fourth-order valence-electron chi connectivity index (χ4n) is 1.64. The molecule has 2 rings (SSSR count). The molecular formula is C13H10Br2FNO2. The fraction of sp³-hybridized carbons (Fsp3) is 0.154. The lowest BCUT2D eigenvalue weighted by Gasteiger charge is -2.13. The molecule has 0 amide bonds. The van der Waals surface area contributed by atoms with Crippen molar-refractivity contribution < 1.29 is 14.2 Å². The molecule has 0 bridgehead atoms. The van der Waals surface area contributed by atoms with E-state index >= 15 is 0 Å². The molecule has 1 atom stereocenters. The summed E-state index contributed by atoms with van der Waals surface area (Å²) in [6, 6.07) is 6.08. The summed E-state index contributed by atoms with van der Waals surface area (Å²) in [7, 11) is 1.39. The minimum Gasteiger partial charge on any atom is -0.494 e. The number of hydrogen-bond donors (Lipinski definition) is 1. The minimum absolute atomic E-state index is 0.138. The quantitative estimate of drug-likeness (QED) is 0.865. The summed E-state index contributed by atoms with van der Waals surface area (Å²) in [6.45, 7) is 0. The number of aliphatic hydroxyl groups is 1. The van der Waals surface area contributed by atoms with E-state index < -0.39 is 11.9 Å². The lowest BCUT2D eigenvalue weighted by Crippen LogP contribution is -2.04. The number of halogens is 3. The van der Waals surface area contributed by atoms with E-state index in [1.54, 1.807) is 18.3 Å². The SMILES string of the molecule is COc1ccc(C(O)c2ncc(Br)cc2Br)cc1F. The third kappa shape index (κ3) is 3.13. The molecule has 0 spiro atoms. The first-order chi connectivity index (χ1) is 9.02. The summed E-state index contributed by atoms with van der Waals surface area (Å²) in [5.74, 6) is -0.383. The molecule has 0 radical (unpaired) electrons. The first kappa shape index (κ1) is 14.4. The number of ether oxygens (including phenoxy) is 1. The maximum absolute atomic E-state index is 13.6. The number of hydrogen-bond acceptors (Lipinski definition) is 3. The number of aliphatic hydroxyl groups excluding tert-OH is 1. The molecule has 100 valence electrons. The van der Waals surface area contributed by atoms with E-state index in [9.17, 15) is 9.50 Å². The van der Waals surface area contributed by atoms with Crippen LogP contribution in [-0.4, -0.2) is 17.2 Å². The number of pyridine rings is 1. The van der Waals surface area contributed by atoms with Crippen LogP contribution in [0.5, 0.6) is 5.75 Å². The molecule has 0 aliphatic rings. The van der Waals surface area contributed by atoms with Crippen LogP contribution in [0.1, 0.15) is 17.4 Å². The Labute approximate surface area is 126 Å². The molecule has 1 heterocycles. The lowest BCUT2D eigenvalue weighted by molar-refractivity contribution is 0.213. The Kier molecular flexibility index (Phi) is 4.54. The normalized spacial score (nSPS) is 12.3. The van der Waals surface area contributed by atoms with Crippen LogP contribution in [0.15, 0.2) is 39.4 Å². The van der Waals surface area contributed by atoms with E-state index in [-0.39, 0.29) is 5.75 Å². The van der Waals surface area contributed by atoms with Gasteiger partial charge in [0, 0.05) is 15.1 Å². The summed E-state index contributed by atoms with van der Waals surface area (Å²) in [5.41, 5.74) is 0.835. The predicted molar refractivity (Wildman–Crippen MR) is 76.7 cm³/mol. The first-order valence-corrected chi connectivity index (χ1v) is 6.94. The second kappa shape index (κ2) is 5.98. The van der Waals surface area contributed by atoms with Crippen LogP contribution < -0.4 is 4.74 Å². The van der Waals surface area contributed by atoms with Gasteiger partial charge in [0.2, 0.25) is 0 Å². The van der Waals surface area contributed by atoms with Gasteiger partial charge >= 0.3 is 0 Å². The third-order valence-corrected chi connectivity index (χ3v) is 3.66. The molecule has 2 aromatic rings. The maximum atomic E-state index is 13.6. The van der Waals surface area contributed by atoms with Gasteiger partial charge in [0.1, 0.15) is 6.10 Å². The average Bonchev–Trinajstić information content (AvgIpc) is 2.38. The summed E-state index contributed by atoms with van der Waals surface area (Å²) in [5, 5.41) is 10.2. The van der Waals surface area contributed by atoms with Crippen LogP contribution in [0.4, 0.5) is 4.39 Å². The van der Waals surface area contributed by atoms with E-state index in [4.69, 9.17) is 4.74 Å². The van der Waals surface area contributed by atoms with Crippen molar-refractivity contribution in [2.75, 3.05) is 7.11 Å². The van der Waals surface area contributed by atoms with Crippen LogP contribution in [0.2, 0.25) is 0 Å². The highest BCUT2D eigenvalue weighted by molar-refractivity contribution is 9.11. The zero-order valence-corrected chi connectivity index (χ0v) is 13.1. The molecule has 1 aromatic heterocycles. The fourth-order valence-corrected chi connectivity index (χ4v) is 2.84. The molecule has 1 unspecified atom stereocenters. The van der Waals surface area contributed by atoms with Crippen LogP contribution >= 0.6 is 31.9 Å². The molecule has 19 heavy (non-hydrogen) atoms. The largest absolute Gasteiger partial charge is 0.494 e. The van der Waals surface area contributed by atoms with Crippen molar-refractivity contribution in [3.05, 3.63) is 56.5 Å². The Morgan fingerprint density at radius 3 is 2.63 bits per heavy atom. The van der Waals surface area contributed by atoms with Gasteiger partial charge in [0.15, 0.2) is 11.6 Å². The molecule has 0 saturated carbocycles. The predicted octanol–water partition coefficient (Wildman–Crippen LogP) is 3.84. The summed E-state index contributed by atoms with van der Waals surface area (Å²) in [6.07, 6.45) is 0.561. The van der Waals surface area contributed by atoms with Gasteiger partial charge in [-0.15, -0.1) is 0 Å². The van der Waals surface area contributed by atoms with Gasteiger partial charge in [-0.1, -0.05) is 6.07 Å². The highest BCUT2D eigenvalue weighted by Crippen LogP contribution is 2.30. The first-order valence-electron chi connectivity index (χ1n) is 5.35. The van der Waals surface area contributed by atoms with Gasteiger partial charge in [-0.05, 0) is 55.6 Å². The van der Waals surface area contributed by atoms with Gasteiger partial charge in [0.25, 0.3) is 0 Å². The van der Waals surface area contributed by atoms with E-state index in [0.29, 0.717) is 15.7 Å². The lowest BCUT2D eigenvalue weighted by atomic mass is 10.1. The van der Waals surface area contributed by atoms with Crippen molar-refractivity contribution in [1.82, 2.24) is 4.98 Å². The van der Waals surface area contributed by atoms with Crippen LogP contribution in [-0.2, 0) is 0 Å². The summed E-state index contributed by atoms with van der Waals surface area (Å²) < 4.78 is 19.9. The topological polar surface area (TPSA) is 42.4 Å². The van der Waals surface area contributed by atoms with Crippen molar-refractivity contribution in [3.8, 4) is 5.75 Å². The van der Waals surface area contributed by atoms with Crippen molar-refractivity contribution >= 4 is 31.9 Å². The van der Waals surface area contributed by atoms with Gasteiger partial charge < -0.3 is 9.84 Å². The second-order valence-electron chi connectivity index (χ2n) is 3.82. The number of methoxy groups -OCH3 is 1. The monoisotopic (exact) mass is 389 g/mol. The summed E-state index contributed by atoms with van der Waals surface area (Å²) >= 11 is 6.60. The summed E-state index contributed by atoms with van der Waals surface area (Å²) in [4.78, 5) is 4.13. The Morgan fingerprint density at radius 1 is 1.32 bits per heavy atom. The zero-order chi connectivity index (χ0) is 14.0. The maximum Gasteiger partial charge on any atom is 0.165 e. The highest BCUT2D eigenvalue weighted by atomic mass is 79.9. The van der Waals surface area contributed by atoms with Crippen LogP contribution in [0.25, 0.3) is 0 Å². The number of aromatic nitrogens is 1. The smallest absolute Gasteiger partial charge is 0.165 e. The van der Waals surface area contributed by atoms with Crippen LogP contribution in [0.3, 0.4) is 0 Å². The van der Waals surface area contributed by atoms with Gasteiger partial charge in [-0.2, -0.15) is 0 Å².